The van der Waals surface area contributed by atoms with E-state index in [2.05, 4.69) is 118 Å². The quantitative estimate of drug-likeness (QED) is 0.171. The van der Waals surface area contributed by atoms with Crippen LogP contribution < -0.4 is 0 Å². The van der Waals surface area contributed by atoms with E-state index in [0.717, 1.165) is 18.2 Å². The van der Waals surface area contributed by atoms with Crippen LogP contribution in [0.15, 0.2) is 56.2 Å². The molecule has 15 nitrogen and oxygen atoms in total. The molecule has 6 heterocycles. The summed E-state index contributed by atoms with van der Waals surface area (Å²) in [5.41, 5.74) is -3.44. The fourth-order valence-electron chi connectivity index (χ4n) is 13.2. The van der Waals surface area contributed by atoms with E-state index in [1.807, 2.05) is 0 Å². The number of ether oxygens (including phenoxy) is 3. The van der Waals surface area contributed by atoms with E-state index in [-0.39, 0.29) is 35.4 Å². The average molecular weight is 913 g/mol. The van der Waals surface area contributed by atoms with Gasteiger partial charge in [-0.3, -0.25) is 58.2 Å². The molecule has 0 aliphatic carbocycles. The van der Waals surface area contributed by atoms with Crippen LogP contribution in [-0.2, 0) is 28.6 Å². The van der Waals surface area contributed by atoms with E-state index in [1.54, 1.807) is 0 Å². The van der Waals surface area contributed by atoms with Crippen molar-refractivity contribution >= 4 is 35.4 Å². The van der Waals surface area contributed by atoms with Crippen LogP contribution in [0.3, 0.4) is 0 Å². The van der Waals surface area contributed by atoms with Gasteiger partial charge in [-0.15, -0.1) is 0 Å². The topological polar surface area (TPSA) is 159 Å². The summed E-state index contributed by atoms with van der Waals surface area (Å²) >= 11 is 0. The normalized spacial score (nSPS) is 27.7. The van der Waals surface area contributed by atoms with Crippen LogP contribution in [0.2, 0.25) is 0 Å². The smallest absolute Gasteiger partial charge is 0.261 e. The number of rotatable bonds is 12. The van der Waals surface area contributed by atoms with Crippen LogP contribution in [0.1, 0.15) is 153 Å². The average Bonchev–Trinajstić information content (AvgIpc) is 4.02. The van der Waals surface area contributed by atoms with E-state index >= 15 is 14.4 Å². The summed E-state index contributed by atoms with van der Waals surface area (Å²) in [4.78, 5) is 98.5. The Morgan fingerprint density at radius 2 is 0.621 bits per heavy atom. The van der Waals surface area contributed by atoms with Gasteiger partial charge in [-0.25, -0.2) is 0 Å². The molecule has 0 bridgehead atoms. The second-order valence-electron chi connectivity index (χ2n) is 23.0. The first kappa shape index (κ1) is 49.5. The lowest BCUT2D eigenvalue weighted by Crippen LogP contribution is -2.66. The van der Waals surface area contributed by atoms with Crippen molar-refractivity contribution in [2.75, 3.05) is 19.8 Å². The second-order valence-corrected chi connectivity index (χ2v) is 23.0. The van der Waals surface area contributed by atoms with Gasteiger partial charge in [0.05, 0.1) is 19.8 Å². The van der Waals surface area contributed by atoms with E-state index in [9.17, 15) is 14.4 Å². The van der Waals surface area contributed by atoms with Gasteiger partial charge in [0.15, 0.2) is 0 Å². The zero-order chi connectivity index (χ0) is 48.9. The van der Waals surface area contributed by atoms with Crippen LogP contribution in [-0.4, -0.2) is 155 Å². The molecule has 66 heavy (non-hydrogen) atoms. The number of likely N-dealkylation sites (tertiary alicyclic amines) is 3. The molecule has 360 valence electrons. The summed E-state index contributed by atoms with van der Waals surface area (Å²) in [6.45, 7) is 37.8. The molecule has 6 aliphatic heterocycles. The molecule has 0 saturated carbocycles. The van der Waals surface area contributed by atoms with Crippen LogP contribution >= 0.6 is 0 Å². The Morgan fingerprint density at radius 3 is 0.773 bits per heavy atom. The summed E-state index contributed by atoms with van der Waals surface area (Å²) in [6.07, 6.45) is 5.47. The Hall–Kier alpha value is -4.38. The van der Waals surface area contributed by atoms with Crippen LogP contribution in [0, 0.1) is 0 Å². The highest BCUT2D eigenvalue weighted by Gasteiger charge is 2.57. The maximum Gasteiger partial charge on any atom is 0.261 e. The second kappa shape index (κ2) is 17.0. The van der Waals surface area contributed by atoms with Crippen molar-refractivity contribution in [3.63, 3.8) is 0 Å². The summed E-state index contributed by atoms with van der Waals surface area (Å²) in [6, 6.07) is 2.20. The van der Waals surface area contributed by atoms with Gasteiger partial charge in [0.2, 0.25) is 0 Å². The van der Waals surface area contributed by atoms with Gasteiger partial charge in [-0.2, -0.15) is 0 Å². The first-order valence-corrected chi connectivity index (χ1v) is 23.4. The minimum absolute atomic E-state index is 0.0789. The number of hydrogen-bond donors (Lipinski definition) is 0. The Labute approximate surface area is 391 Å². The van der Waals surface area contributed by atoms with Gasteiger partial charge in [0.25, 0.3) is 35.4 Å². The van der Waals surface area contributed by atoms with Crippen LogP contribution in [0.5, 0.6) is 0 Å². The van der Waals surface area contributed by atoms with E-state index < -0.39 is 86.8 Å². The lowest BCUT2D eigenvalue weighted by molar-refractivity contribution is -0.133. The van der Waals surface area contributed by atoms with Gasteiger partial charge >= 0.3 is 0 Å². The minimum Gasteiger partial charge on any atom is -0.357 e. The molecule has 7 rings (SSSR count). The molecular weight excluding hydrogens is 841 g/mol. The molecule has 0 spiro atoms. The summed E-state index contributed by atoms with van der Waals surface area (Å²) in [5, 5.41) is 0. The largest absolute Gasteiger partial charge is 0.357 e. The molecule has 0 aromatic heterocycles. The molecule has 1 aromatic rings. The number of amides is 6. The number of epoxide rings is 3. The molecule has 15 heteroatoms. The van der Waals surface area contributed by atoms with Gasteiger partial charge < -0.3 is 14.2 Å². The Morgan fingerprint density at radius 1 is 0.439 bits per heavy atom. The predicted molar refractivity (Wildman–Crippen MR) is 249 cm³/mol. The zero-order valence-corrected chi connectivity index (χ0v) is 41.3. The Kier molecular flexibility index (Phi) is 12.7. The Bertz CT molecular complexity index is 1910. The monoisotopic (exact) mass is 913 g/mol. The van der Waals surface area contributed by atoms with Gasteiger partial charge in [-0.1, -0.05) is 19.7 Å². The van der Waals surface area contributed by atoms with Gasteiger partial charge in [0, 0.05) is 68.0 Å². The van der Waals surface area contributed by atoms with Gasteiger partial charge in [-0.05, 0) is 158 Å². The highest BCUT2D eigenvalue weighted by atomic mass is 16.6. The number of hydrogen-bond acceptors (Lipinski definition) is 12. The molecule has 6 saturated heterocycles. The van der Waals surface area contributed by atoms with Crippen LogP contribution in [0.25, 0.3) is 0 Å². The molecule has 3 atom stereocenters. The number of carbonyl (C=O) groups excluding carboxylic acids is 6. The zero-order valence-electron chi connectivity index (χ0n) is 41.3. The fraction of sp³-hybridized carbons (Fsp3) is 0.647. The van der Waals surface area contributed by atoms with Crippen molar-refractivity contribution < 1.29 is 43.0 Å². The number of piperidine rings is 3. The first-order valence-electron chi connectivity index (χ1n) is 23.4. The van der Waals surface area contributed by atoms with Crippen molar-refractivity contribution in [3.05, 3.63) is 72.9 Å². The minimum atomic E-state index is -0.750. The summed E-state index contributed by atoms with van der Waals surface area (Å²) in [5.74, 6) is -4.18. The van der Waals surface area contributed by atoms with Crippen LogP contribution in [0.4, 0.5) is 0 Å². The lowest BCUT2D eigenvalue weighted by Gasteiger charge is -2.56. The molecule has 1 aromatic carbocycles. The molecule has 3 unspecified atom stereocenters. The van der Waals surface area contributed by atoms with E-state index in [0.29, 0.717) is 58.3 Å². The number of nitrogens with zero attached hydrogens (tertiary/aromatic N) is 6. The third-order valence-electron chi connectivity index (χ3n) is 14.8. The van der Waals surface area contributed by atoms with E-state index in [1.165, 1.54) is 32.9 Å². The third-order valence-corrected chi connectivity index (χ3v) is 14.8. The Balaban J connectivity index is 1.34. The highest BCUT2D eigenvalue weighted by Crippen LogP contribution is 2.48. The van der Waals surface area contributed by atoms with Crippen molar-refractivity contribution in [2.24, 2.45) is 0 Å². The predicted octanol–water partition coefficient (Wildman–Crippen LogP) is 6.28. The fourth-order valence-corrected chi connectivity index (χ4v) is 13.2. The molecule has 6 aliphatic rings. The van der Waals surface area contributed by atoms with Crippen molar-refractivity contribution in [1.29, 1.82) is 0 Å². The number of carbonyl (C=O) groups is 6. The van der Waals surface area contributed by atoms with Crippen molar-refractivity contribution in [3.8, 4) is 0 Å². The van der Waals surface area contributed by atoms with E-state index in [4.69, 9.17) is 14.2 Å². The SMILES string of the molecule is C=CC(=O)N(C(=O)c1cc(C(=O)N(C(=O)C=C)C2CC(C)(C)N(C3CO3)C(C)(C)C2)cc(C(=O)N(C(=O)C=C)C2CC(C)(C)N(C3CO3)C(C)(C)C2)c1)C1CC(C)(C)N(C2CO2)C(C)(C)C1. The highest BCUT2D eigenvalue weighted by molar-refractivity contribution is 6.14. The van der Waals surface area contributed by atoms with Crippen molar-refractivity contribution in [2.45, 2.75) is 192 Å². The summed E-state index contributed by atoms with van der Waals surface area (Å²) < 4.78 is 17.2. The van der Waals surface area contributed by atoms with Crippen molar-refractivity contribution in [1.82, 2.24) is 29.4 Å². The maximum absolute atomic E-state index is 15.3. The standard InChI is InChI=1S/C51H72N6O9/c1-16-37(58)52(34-22-46(4,5)55(40-28-64-40)47(6,7)23-34)43(61)31-19-32(44(62)53(38(59)17-2)35-24-48(8,9)56(41-29-65-41)49(10,11)25-35)21-33(20-31)45(63)54(39(60)18-3)36-26-50(12,13)57(42-30-66-42)51(14,15)27-36/h16-21,34-36,40-42H,1-3,22-30H2,4-15H3. The molecule has 6 amide bonds. The molecule has 0 N–H and O–H groups in total. The summed E-state index contributed by atoms with van der Waals surface area (Å²) in [7, 11) is 0. The first-order chi connectivity index (χ1) is 30.5. The van der Waals surface area contributed by atoms with Gasteiger partial charge in [0.1, 0.15) is 18.7 Å². The number of imide groups is 3. The number of benzene rings is 1. The maximum atomic E-state index is 15.3. The molecular formula is C51H72N6O9. The molecule has 6 fully saturated rings. The third kappa shape index (κ3) is 9.28. The lowest BCUT2D eigenvalue weighted by atomic mass is 9.76. The molecule has 0 radical (unpaired) electrons.